The number of fused-ring (bicyclic) bond motifs is 1. The van der Waals surface area contributed by atoms with E-state index >= 15 is 0 Å². The molecule has 1 aliphatic carbocycles. The fourth-order valence-electron chi connectivity index (χ4n) is 3.03. The van der Waals surface area contributed by atoms with Gasteiger partial charge in [0.2, 0.25) is 5.82 Å². The quantitative estimate of drug-likeness (QED) is 0.605. The third-order valence-electron chi connectivity index (χ3n) is 4.26. The van der Waals surface area contributed by atoms with Crippen LogP contribution < -0.4 is 0 Å². The number of rotatable bonds is 2. The highest BCUT2D eigenvalue weighted by atomic mass is 35.5. The van der Waals surface area contributed by atoms with E-state index in [2.05, 4.69) is 15.0 Å². The predicted octanol–water partition coefficient (Wildman–Crippen LogP) is 3.40. The Kier molecular flexibility index (Phi) is 4.37. The molecule has 0 bridgehead atoms. The van der Waals surface area contributed by atoms with E-state index in [0.29, 0.717) is 25.7 Å². The first kappa shape index (κ1) is 16.9. The van der Waals surface area contributed by atoms with Crippen molar-refractivity contribution >= 4 is 28.7 Å². The lowest BCUT2D eigenvalue weighted by Gasteiger charge is -2.27. The Morgan fingerprint density at radius 3 is 2.54 bits per heavy atom. The zero-order chi connectivity index (χ0) is 17.5. The van der Waals surface area contributed by atoms with Gasteiger partial charge in [0.1, 0.15) is 5.52 Å². The summed E-state index contributed by atoms with van der Waals surface area (Å²) in [4.78, 5) is 22.5. The number of imidazole rings is 1. The van der Waals surface area contributed by atoms with Crippen LogP contribution >= 0.6 is 11.6 Å². The molecule has 3 rings (SSSR count). The number of carbonyl (C=O) groups excluding carboxylic acids is 1. The Labute approximate surface area is 140 Å². The fourth-order valence-corrected chi connectivity index (χ4v) is 3.25. The standard InChI is InChI=1S/C14H14ClF3N4O2/c1-24-12(23)7-2-4-8(5-3-7)22-6-19-9-10(15)20-13(14(16,17)18)21-11(9)22/h6-8H,2-5H2,1H3. The molecule has 1 fully saturated rings. The summed E-state index contributed by atoms with van der Waals surface area (Å²) in [5.74, 6) is -1.72. The summed E-state index contributed by atoms with van der Waals surface area (Å²) in [6.07, 6.45) is -0.823. The molecule has 2 heterocycles. The summed E-state index contributed by atoms with van der Waals surface area (Å²) >= 11 is 5.82. The molecule has 24 heavy (non-hydrogen) atoms. The largest absolute Gasteiger partial charge is 0.469 e. The van der Waals surface area contributed by atoms with E-state index < -0.39 is 12.0 Å². The van der Waals surface area contributed by atoms with Crippen LogP contribution in [0.4, 0.5) is 13.2 Å². The average molecular weight is 363 g/mol. The zero-order valence-corrected chi connectivity index (χ0v) is 13.4. The summed E-state index contributed by atoms with van der Waals surface area (Å²) < 4.78 is 45.0. The molecular formula is C14H14ClF3N4O2. The molecule has 0 unspecified atom stereocenters. The van der Waals surface area contributed by atoms with Crippen LogP contribution in [-0.2, 0) is 15.7 Å². The van der Waals surface area contributed by atoms with Gasteiger partial charge in [-0.25, -0.2) is 15.0 Å². The maximum Gasteiger partial charge on any atom is 0.451 e. The van der Waals surface area contributed by atoms with Crippen molar-refractivity contribution in [2.45, 2.75) is 37.9 Å². The van der Waals surface area contributed by atoms with Crippen molar-refractivity contribution in [3.63, 3.8) is 0 Å². The van der Waals surface area contributed by atoms with Gasteiger partial charge in [-0.15, -0.1) is 0 Å². The van der Waals surface area contributed by atoms with Gasteiger partial charge in [-0.2, -0.15) is 13.2 Å². The number of esters is 1. The maximum atomic E-state index is 12.9. The number of ether oxygens (including phenoxy) is 1. The zero-order valence-electron chi connectivity index (χ0n) is 12.7. The lowest BCUT2D eigenvalue weighted by atomic mass is 9.86. The van der Waals surface area contributed by atoms with Crippen LogP contribution in [0.15, 0.2) is 6.33 Å². The smallest absolute Gasteiger partial charge is 0.451 e. The lowest BCUT2D eigenvalue weighted by molar-refractivity contribution is -0.147. The van der Waals surface area contributed by atoms with Gasteiger partial charge in [-0.1, -0.05) is 11.6 Å². The SMILES string of the molecule is COC(=O)C1CCC(n2cnc3c(Cl)nc(C(F)(F)F)nc32)CC1. The van der Waals surface area contributed by atoms with Crippen LogP contribution in [0, 0.1) is 5.92 Å². The summed E-state index contributed by atoms with van der Waals surface area (Å²) in [6, 6.07) is -0.0945. The van der Waals surface area contributed by atoms with E-state index in [9.17, 15) is 18.0 Å². The Morgan fingerprint density at radius 1 is 1.29 bits per heavy atom. The molecular weight excluding hydrogens is 349 g/mol. The second kappa shape index (κ2) is 6.19. The van der Waals surface area contributed by atoms with Gasteiger partial charge in [0.25, 0.3) is 0 Å². The van der Waals surface area contributed by atoms with Crippen LogP contribution in [0.1, 0.15) is 37.5 Å². The van der Waals surface area contributed by atoms with Gasteiger partial charge in [0, 0.05) is 6.04 Å². The fraction of sp³-hybridized carbons (Fsp3) is 0.571. The van der Waals surface area contributed by atoms with Crippen molar-refractivity contribution in [2.75, 3.05) is 7.11 Å². The lowest BCUT2D eigenvalue weighted by Crippen LogP contribution is -2.24. The van der Waals surface area contributed by atoms with Crippen molar-refractivity contribution in [1.82, 2.24) is 19.5 Å². The number of aromatic nitrogens is 4. The third-order valence-corrected chi connectivity index (χ3v) is 4.52. The van der Waals surface area contributed by atoms with E-state index in [4.69, 9.17) is 16.3 Å². The molecule has 130 valence electrons. The first-order valence-electron chi connectivity index (χ1n) is 7.36. The number of carbonyl (C=O) groups is 1. The Morgan fingerprint density at radius 2 is 1.96 bits per heavy atom. The molecule has 1 saturated carbocycles. The minimum Gasteiger partial charge on any atom is -0.469 e. The molecule has 0 aromatic carbocycles. The minimum absolute atomic E-state index is 0.0591. The van der Waals surface area contributed by atoms with Crippen molar-refractivity contribution in [3.8, 4) is 0 Å². The van der Waals surface area contributed by atoms with Crippen LogP contribution in [0.2, 0.25) is 5.15 Å². The summed E-state index contributed by atoms with van der Waals surface area (Å²) in [7, 11) is 1.34. The second-order valence-corrected chi connectivity index (χ2v) is 6.05. The van der Waals surface area contributed by atoms with Gasteiger partial charge in [0.15, 0.2) is 10.8 Å². The monoisotopic (exact) mass is 362 g/mol. The summed E-state index contributed by atoms with van der Waals surface area (Å²) in [5.41, 5.74) is 0.198. The van der Waals surface area contributed by atoms with E-state index in [1.807, 2.05) is 0 Å². The Bertz CT molecular complexity index is 769. The van der Waals surface area contributed by atoms with E-state index in [1.165, 1.54) is 13.4 Å². The molecule has 2 aromatic heterocycles. The molecule has 6 nitrogen and oxygen atoms in total. The number of hydrogen-bond acceptors (Lipinski definition) is 5. The van der Waals surface area contributed by atoms with Gasteiger partial charge >= 0.3 is 12.1 Å². The van der Waals surface area contributed by atoms with Crippen LogP contribution in [0.25, 0.3) is 11.2 Å². The van der Waals surface area contributed by atoms with Crippen molar-refractivity contribution in [3.05, 3.63) is 17.3 Å². The molecule has 2 aromatic rings. The minimum atomic E-state index is -4.69. The first-order valence-corrected chi connectivity index (χ1v) is 7.74. The normalized spacial score (nSPS) is 21.9. The number of nitrogens with zero attached hydrogens (tertiary/aromatic N) is 4. The van der Waals surface area contributed by atoms with E-state index in [-0.39, 0.29) is 34.2 Å². The topological polar surface area (TPSA) is 69.9 Å². The Balaban J connectivity index is 1.91. The molecule has 1 aliphatic rings. The third kappa shape index (κ3) is 3.04. The molecule has 0 aliphatic heterocycles. The summed E-state index contributed by atoms with van der Waals surface area (Å²) in [6.45, 7) is 0. The van der Waals surface area contributed by atoms with E-state index in [1.54, 1.807) is 4.57 Å². The number of hydrogen-bond donors (Lipinski definition) is 0. The van der Waals surface area contributed by atoms with Crippen LogP contribution in [0.5, 0.6) is 0 Å². The number of methoxy groups -OCH3 is 1. The Hall–Kier alpha value is -1.90. The van der Waals surface area contributed by atoms with Gasteiger partial charge < -0.3 is 9.30 Å². The highest BCUT2D eigenvalue weighted by molar-refractivity contribution is 6.33. The maximum absolute atomic E-state index is 12.9. The number of alkyl halides is 3. The molecule has 10 heteroatoms. The predicted molar refractivity (Wildman–Crippen MR) is 78.3 cm³/mol. The van der Waals surface area contributed by atoms with Gasteiger partial charge in [-0.3, -0.25) is 4.79 Å². The molecule has 0 atom stereocenters. The van der Waals surface area contributed by atoms with Crippen LogP contribution in [-0.4, -0.2) is 32.6 Å². The molecule has 0 spiro atoms. The van der Waals surface area contributed by atoms with Crippen LogP contribution in [0.3, 0.4) is 0 Å². The highest BCUT2D eigenvalue weighted by Gasteiger charge is 2.36. The molecule has 0 N–H and O–H groups in total. The van der Waals surface area contributed by atoms with Gasteiger partial charge in [0.05, 0.1) is 19.4 Å². The van der Waals surface area contributed by atoms with Crippen molar-refractivity contribution in [2.24, 2.45) is 5.92 Å². The second-order valence-electron chi connectivity index (χ2n) is 5.69. The van der Waals surface area contributed by atoms with Crippen molar-refractivity contribution < 1.29 is 22.7 Å². The molecule has 0 amide bonds. The molecule has 0 saturated heterocycles. The summed E-state index contributed by atoms with van der Waals surface area (Å²) in [5, 5.41) is -0.325. The number of halogens is 4. The first-order chi connectivity index (χ1) is 11.3. The van der Waals surface area contributed by atoms with Gasteiger partial charge in [-0.05, 0) is 25.7 Å². The van der Waals surface area contributed by atoms with E-state index in [0.717, 1.165) is 0 Å². The van der Waals surface area contributed by atoms with Crippen molar-refractivity contribution in [1.29, 1.82) is 0 Å². The average Bonchev–Trinajstić information content (AvgIpc) is 2.98. The highest BCUT2D eigenvalue weighted by Crippen LogP contribution is 2.36. The molecule has 0 radical (unpaired) electrons.